The minimum Gasteiger partial charge on any atom is -0.335 e. The molecule has 17 heavy (non-hydrogen) atoms. The lowest BCUT2D eigenvalue weighted by atomic mass is 9.97. The zero-order valence-corrected chi connectivity index (χ0v) is 11.1. The number of hydrogen-bond donors (Lipinski definition) is 2. The molecule has 2 N–H and O–H groups in total. The summed E-state index contributed by atoms with van der Waals surface area (Å²) in [6.07, 6.45) is 8.04. The molecule has 0 spiro atoms. The van der Waals surface area contributed by atoms with Gasteiger partial charge in [0.25, 0.3) is 0 Å². The first-order chi connectivity index (χ1) is 8.09. The molecule has 1 saturated carbocycles. The van der Waals surface area contributed by atoms with Gasteiger partial charge in [-0.3, -0.25) is 10.1 Å². The summed E-state index contributed by atoms with van der Waals surface area (Å²) >= 11 is 5.57. The maximum absolute atomic E-state index is 11.5. The molecule has 98 valence electrons. The van der Waals surface area contributed by atoms with E-state index in [1.165, 1.54) is 19.3 Å². The van der Waals surface area contributed by atoms with E-state index in [0.717, 1.165) is 25.7 Å². The van der Waals surface area contributed by atoms with Gasteiger partial charge in [-0.1, -0.05) is 32.1 Å². The molecule has 0 aromatic carbocycles. The highest BCUT2D eigenvalue weighted by atomic mass is 35.5. The molecule has 1 rings (SSSR count). The van der Waals surface area contributed by atoms with Crippen molar-refractivity contribution in [1.29, 1.82) is 0 Å². The minimum atomic E-state index is -0.682. The van der Waals surface area contributed by atoms with Crippen LogP contribution in [-0.2, 0) is 4.79 Å². The lowest BCUT2D eigenvalue weighted by Gasteiger charge is -2.21. The second kappa shape index (κ2) is 7.54. The Morgan fingerprint density at radius 3 is 2.18 bits per heavy atom. The van der Waals surface area contributed by atoms with E-state index in [2.05, 4.69) is 10.6 Å². The van der Waals surface area contributed by atoms with Crippen molar-refractivity contribution < 1.29 is 9.59 Å². The number of nitrogens with one attached hydrogen (secondary N) is 2. The number of rotatable bonds is 2. The van der Waals surface area contributed by atoms with E-state index in [-0.39, 0.29) is 6.04 Å². The summed E-state index contributed by atoms with van der Waals surface area (Å²) in [6.45, 7) is 1.54. The third kappa shape index (κ3) is 5.91. The Balaban J connectivity index is 2.30. The number of hydrogen-bond acceptors (Lipinski definition) is 2. The Kier molecular flexibility index (Phi) is 6.34. The molecule has 1 aliphatic carbocycles. The SMILES string of the molecule is CC(Cl)C(=O)NC(=O)NC1CCCCCCC1. The van der Waals surface area contributed by atoms with Crippen LogP contribution in [0.4, 0.5) is 4.79 Å². The summed E-state index contributed by atoms with van der Waals surface area (Å²) < 4.78 is 0. The maximum Gasteiger partial charge on any atom is 0.321 e. The quantitative estimate of drug-likeness (QED) is 0.750. The standard InChI is InChI=1S/C12H21ClN2O2/c1-9(13)11(16)15-12(17)14-10-7-5-3-2-4-6-8-10/h9-10H,2-8H2,1H3,(H2,14,15,16,17). The fourth-order valence-electron chi connectivity index (χ4n) is 2.03. The van der Waals surface area contributed by atoms with E-state index in [4.69, 9.17) is 11.6 Å². The second-order valence-corrected chi connectivity index (χ2v) is 5.28. The molecular formula is C12H21ClN2O2. The predicted molar refractivity (Wildman–Crippen MR) is 68.1 cm³/mol. The molecule has 4 nitrogen and oxygen atoms in total. The molecule has 0 bridgehead atoms. The van der Waals surface area contributed by atoms with Crippen molar-refractivity contribution in [1.82, 2.24) is 10.6 Å². The van der Waals surface area contributed by atoms with Crippen molar-refractivity contribution in [3.63, 3.8) is 0 Å². The first kappa shape index (κ1) is 14.3. The number of alkyl halides is 1. The van der Waals surface area contributed by atoms with Crippen LogP contribution in [0.25, 0.3) is 0 Å². The fraction of sp³-hybridized carbons (Fsp3) is 0.833. The van der Waals surface area contributed by atoms with Gasteiger partial charge in [0.1, 0.15) is 5.38 Å². The van der Waals surface area contributed by atoms with E-state index in [1.807, 2.05) is 0 Å². The largest absolute Gasteiger partial charge is 0.335 e. The highest BCUT2D eigenvalue weighted by molar-refractivity contribution is 6.31. The molecule has 1 atom stereocenters. The summed E-state index contributed by atoms with van der Waals surface area (Å²) in [4.78, 5) is 22.7. The van der Waals surface area contributed by atoms with Crippen molar-refractivity contribution in [3.8, 4) is 0 Å². The second-order valence-electron chi connectivity index (χ2n) is 4.62. The number of carbonyl (C=O) groups excluding carboxylic acids is 2. The van der Waals surface area contributed by atoms with E-state index in [0.29, 0.717) is 0 Å². The number of carbonyl (C=O) groups is 2. The Hall–Kier alpha value is -0.770. The van der Waals surface area contributed by atoms with Crippen LogP contribution in [-0.4, -0.2) is 23.4 Å². The van der Waals surface area contributed by atoms with Gasteiger partial charge in [0.05, 0.1) is 0 Å². The van der Waals surface area contributed by atoms with Crippen LogP contribution >= 0.6 is 11.6 Å². The van der Waals surface area contributed by atoms with Crippen molar-refractivity contribution in [2.24, 2.45) is 0 Å². The zero-order valence-electron chi connectivity index (χ0n) is 10.3. The lowest BCUT2D eigenvalue weighted by molar-refractivity contribution is -0.119. The van der Waals surface area contributed by atoms with Gasteiger partial charge in [0.2, 0.25) is 5.91 Å². The monoisotopic (exact) mass is 260 g/mol. The summed E-state index contributed by atoms with van der Waals surface area (Å²) in [5.41, 5.74) is 0. The Morgan fingerprint density at radius 1 is 1.12 bits per heavy atom. The van der Waals surface area contributed by atoms with Crippen LogP contribution in [0.2, 0.25) is 0 Å². The van der Waals surface area contributed by atoms with Gasteiger partial charge in [-0.05, 0) is 19.8 Å². The normalized spacial score (nSPS) is 19.9. The Morgan fingerprint density at radius 2 is 1.65 bits per heavy atom. The van der Waals surface area contributed by atoms with E-state index >= 15 is 0 Å². The molecule has 0 saturated heterocycles. The molecule has 0 aromatic rings. The van der Waals surface area contributed by atoms with Crippen LogP contribution in [0.5, 0.6) is 0 Å². The number of imide groups is 1. The third-order valence-electron chi connectivity index (χ3n) is 3.04. The van der Waals surface area contributed by atoms with Crippen molar-refractivity contribution in [2.75, 3.05) is 0 Å². The molecule has 1 fully saturated rings. The molecule has 0 aliphatic heterocycles. The average molecular weight is 261 g/mol. The van der Waals surface area contributed by atoms with Gasteiger partial charge in [-0.2, -0.15) is 0 Å². The fourth-order valence-corrected chi connectivity index (χ4v) is 2.09. The number of amides is 3. The van der Waals surface area contributed by atoms with Crippen LogP contribution in [0.1, 0.15) is 51.9 Å². The molecule has 0 aromatic heterocycles. The highest BCUT2D eigenvalue weighted by Gasteiger charge is 2.17. The Bertz CT molecular complexity index is 261. The van der Waals surface area contributed by atoms with Crippen molar-refractivity contribution >= 4 is 23.5 Å². The number of urea groups is 1. The summed E-state index contributed by atoms with van der Waals surface area (Å²) in [5, 5.41) is 4.40. The van der Waals surface area contributed by atoms with Crippen LogP contribution in [0.15, 0.2) is 0 Å². The van der Waals surface area contributed by atoms with Gasteiger partial charge in [-0.15, -0.1) is 11.6 Å². The summed E-state index contributed by atoms with van der Waals surface area (Å²) in [6, 6.07) is -0.234. The molecule has 1 aliphatic rings. The van der Waals surface area contributed by atoms with E-state index in [9.17, 15) is 9.59 Å². The molecule has 5 heteroatoms. The smallest absolute Gasteiger partial charge is 0.321 e. The summed E-state index contributed by atoms with van der Waals surface area (Å²) in [7, 11) is 0. The molecule has 1 unspecified atom stereocenters. The Labute approximate surface area is 107 Å². The van der Waals surface area contributed by atoms with Crippen LogP contribution in [0.3, 0.4) is 0 Å². The predicted octanol–water partition coefficient (Wildman–Crippen LogP) is 2.55. The third-order valence-corrected chi connectivity index (χ3v) is 3.24. The van der Waals surface area contributed by atoms with Gasteiger partial charge in [0.15, 0.2) is 0 Å². The van der Waals surface area contributed by atoms with Gasteiger partial charge in [0, 0.05) is 6.04 Å². The van der Waals surface area contributed by atoms with E-state index in [1.54, 1.807) is 6.92 Å². The molecular weight excluding hydrogens is 240 g/mol. The van der Waals surface area contributed by atoms with Crippen molar-refractivity contribution in [2.45, 2.75) is 63.3 Å². The zero-order chi connectivity index (χ0) is 12.7. The van der Waals surface area contributed by atoms with Crippen LogP contribution in [0, 0.1) is 0 Å². The van der Waals surface area contributed by atoms with E-state index < -0.39 is 17.3 Å². The molecule has 0 radical (unpaired) electrons. The van der Waals surface area contributed by atoms with Crippen molar-refractivity contribution in [3.05, 3.63) is 0 Å². The molecule has 0 heterocycles. The average Bonchev–Trinajstić information content (AvgIpc) is 2.21. The maximum atomic E-state index is 11.5. The van der Waals surface area contributed by atoms with Gasteiger partial charge < -0.3 is 5.32 Å². The first-order valence-electron chi connectivity index (χ1n) is 6.35. The molecule has 3 amide bonds. The van der Waals surface area contributed by atoms with Gasteiger partial charge >= 0.3 is 6.03 Å². The first-order valence-corrected chi connectivity index (χ1v) is 6.78. The minimum absolute atomic E-state index is 0.189. The highest BCUT2D eigenvalue weighted by Crippen LogP contribution is 2.16. The topological polar surface area (TPSA) is 58.2 Å². The van der Waals surface area contributed by atoms with Gasteiger partial charge in [-0.25, -0.2) is 4.79 Å². The number of halogens is 1. The van der Waals surface area contributed by atoms with Crippen LogP contribution < -0.4 is 10.6 Å². The summed E-state index contributed by atoms with van der Waals surface area (Å²) in [5.74, 6) is -0.449. The lowest BCUT2D eigenvalue weighted by Crippen LogP contribution is -2.46.